The maximum atomic E-state index is 12.8. The van der Waals surface area contributed by atoms with Crippen molar-refractivity contribution in [3.05, 3.63) is 57.6 Å². The number of esters is 1. The molecule has 0 radical (unpaired) electrons. The molecule has 3 rings (SSSR count). The Morgan fingerprint density at radius 3 is 2.53 bits per heavy atom. The number of amides is 2. The first kappa shape index (κ1) is 23.6. The number of nitrogens with one attached hydrogen (secondary N) is 3. The van der Waals surface area contributed by atoms with Gasteiger partial charge in [0.2, 0.25) is 5.91 Å². The average Bonchev–Trinajstić information content (AvgIpc) is 3.11. The Kier molecular flexibility index (Phi) is 8.13. The highest BCUT2D eigenvalue weighted by Gasteiger charge is 2.27. The van der Waals surface area contributed by atoms with Crippen molar-refractivity contribution in [2.45, 2.75) is 39.5 Å². The second-order valence-electron chi connectivity index (χ2n) is 7.19. The zero-order valence-electron chi connectivity index (χ0n) is 17.9. The van der Waals surface area contributed by atoms with E-state index in [0.717, 1.165) is 41.7 Å². The molecule has 3 N–H and O–H groups in total. The summed E-state index contributed by atoms with van der Waals surface area (Å²) < 4.78 is 5.24. The molecule has 2 amide bonds. The number of rotatable bonds is 6. The molecule has 168 valence electrons. The Bertz CT molecular complexity index is 1060. The number of ether oxygens (including phenoxy) is 1. The average molecular weight is 472 g/mol. The molecule has 1 aliphatic carbocycles. The number of fused-ring (bicyclic) bond motifs is 1. The minimum absolute atomic E-state index is 0.0310. The maximum absolute atomic E-state index is 12.8. The first-order chi connectivity index (χ1) is 15.4. The zero-order chi connectivity index (χ0) is 23.1. The summed E-state index contributed by atoms with van der Waals surface area (Å²) in [6.45, 7) is 3.36. The normalized spacial score (nSPS) is 13.0. The van der Waals surface area contributed by atoms with Gasteiger partial charge in [-0.2, -0.15) is 0 Å². The zero-order valence-corrected chi connectivity index (χ0v) is 19.6. The SMILES string of the molecule is CCOC(=O)c1c(NC(=S)NC(=O)/C(=C/c2ccccc2)NC(C)=O)sc2c1CCCC2. The van der Waals surface area contributed by atoms with E-state index in [1.54, 1.807) is 13.0 Å². The summed E-state index contributed by atoms with van der Waals surface area (Å²) in [5.74, 6) is -1.34. The van der Waals surface area contributed by atoms with Gasteiger partial charge in [-0.1, -0.05) is 30.3 Å². The van der Waals surface area contributed by atoms with Crippen molar-refractivity contribution in [2.75, 3.05) is 11.9 Å². The van der Waals surface area contributed by atoms with E-state index in [1.807, 2.05) is 30.3 Å². The van der Waals surface area contributed by atoms with Crippen molar-refractivity contribution in [1.82, 2.24) is 10.6 Å². The van der Waals surface area contributed by atoms with Gasteiger partial charge in [0.25, 0.3) is 5.91 Å². The van der Waals surface area contributed by atoms with Gasteiger partial charge in [0.15, 0.2) is 5.11 Å². The number of anilines is 1. The molecule has 0 unspecified atom stereocenters. The van der Waals surface area contributed by atoms with Crippen LogP contribution in [0.25, 0.3) is 6.08 Å². The van der Waals surface area contributed by atoms with E-state index in [1.165, 1.54) is 18.3 Å². The molecular formula is C23H25N3O4S2. The van der Waals surface area contributed by atoms with Gasteiger partial charge in [-0.25, -0.2) is 4.79 Å². The molecule has 0 fully saturated rings. The summed E-state index contributed by atoms with van der Waals surface area (Å²) in [7, 11) is 0. The van der Waals surface area contributed by atoms with Crippen LogP contribution in [0.2, 0.25) is 0 Å². The van der Waals surface area contributed by atoms with E-state index in [9.17, 15) is 14.4 Å². The molecule has 9 heteroatoms. The fraction of sp³-hybridized carbons (Fsp3) is 0.304. The topological polar surface area (TPSA) is 96.5 Å². The third-order valence-corrected chi connectivity index (χ3v) is 6.18. The van der Waals surface area contributed by atoms with Crippen LogP contribution in [-0.2, 0) is 27.2 Å². The largest absolute Gasteiger partial charge is 0.462 e. The number of thiocarbonyl (C=S) groups is 1. The second-order valence-corrected chi connectivity index (χ2v) is 8.71. The van der Waals surface area contributed by atoms with E-state index >= 15 is 0 Å². The predicted octanol–water partition coefficient (Wildman–Crippen LogP) is 3.79. The van der Waals surface area contributed by atoms with Crippen LogP contribution in [0.15, 0.2) is 36.0 Å². The molecule has 32 heavy (non-hydrogen) atoms. The molecule has 0 saturated carbocycles. The summed E-state index contributed by atoms with van der Waals surface area (Å²) in [6.07, 6.45) is 5.36. The summed E-state index contributed by atoms with van der Waals surface area (Å²) >= 11 is 6.79. The van der Waals surface area contributed by atoms with Crippen LogP contribution in [0.5, 0.6) is 0 Å². The van der Waals surface area contributed by atoms with Crippen LogP contribution >= 0.6 is 23.6 Å². The highest BCUT2D eigenvalue weighted by Crippen LogP contribution is 2.38. The van der Waals surface area contributed by atoms with Crippen molar-refractivity contribution in [3.8, 4) is 0 Å². The van der Waals surface area contributed by atoms with Crippen molar-refractivity contribution >= 4 is 57.5 Å². The number of aryl methyl sites for hydroxylation is 1. The number of thiophene rings is 1. The van der Waals surface area contributed by atoms with Crippen LogP contribution < -0.4 is 16.0 Å². The molecule has 0 bridgehead atoms. The monoisotopic (exact) mass is 471 g/mol. The molecule has 2 aromatic rings. The second kappa shape index (κ2) is 11.0. The minimum atomic E-state index is -0.569. The smallest absolute Gasteiger partial charge is 0.341 e. The van der Waals surface area contributed by atoms with Gasteiger partial charge in [0, 0.05) is 11.8 Å². The predicted molar refractivity (Wildman–Crippen MR) is 130 cm³/mol. The third kappa shape index (κ3) is 6.02. The summed E-state index contributed by atoms with van der Waals surface area (Å²) in [5.41, 5.74) is 2.30. The van der Waals surface area contributed by atoms with Gasteiger partial charge in [0.1, 0.15) is 10.7 Å². The molecule has 1 aromatic carbocycles. The Hall–Kier alpha value is -3.04. The quantitative estimate of drug-likeness (QED) is 0.337. The van der Waals surface area contributed by atoms with Crippen LogP contribution in [0.1, 0.15) is 53.1 Å². The molecular weight excluding hydrogens is 446 g/mol. The maximum Gasteiger partial charge on any atom is 0.341 e. The van der Waals surface area contributed by atoms with E-state index in [2.05, 4.69) is 16.0 Å². The number of carbonyl (C=O) groups is 3. The van der Waals surface area contributed by atoms with E-state index in [0.29, 0.717) is 10.6 Å². The minimum Gasteiger partial charge on any atom is -0.462 e. The standard InChI is InChI=1S/C23H25N3O4S2/c1-3-30-22(29)19-16-11-7-8-12-18(16)32-21(19)26-23(31)25-20(28)17(24-14(2)27)13-15-9-5-4-6-10-15/h4-6,9-10,13H,3,7-8,11-12H2,1-2H3,(H,24,27)(H2,25,26,28,31)/b17-13-. The van der Waals surface area contributed by atoms with Crippen molar-refractivity contribution in [1.29, 1.82) is 0 Å². The van der Waals surface area contributed by atoms with Gasteiger partial charge < -0.3 is 15.4 Å². The summed E-state index contributed by atoms with van der Waals surface area (Å²) in [6, 6.07) is 9.14. The lowest BCUT2D eigenvalue weighted by molar-refractivity contribution is -0.121. The van der Waals surface area contributed by atoms with Gasteiger partial charge in [-0.3, -0.25) is 14.9 Å². The molecule has 0 spiro atoms. The molecule has 7 nitrogen and oxygen atoms in total. The number of carbonyl (C=O) groups excluding carboxylic acids is 3. The van der Waals surface area contributed by atoms with Crippen molar-refractivity contribution in [3.63, 3.8) is 0 Å². The lowest BCUT2D eigenvalue weighted by atomic mass is 9.95. The van der Waals surface area contributed by atoms with Gasteiger partial charge >= 0.3 is 5.97 Å². The Labute approximate surface area is 196 Å². The number of hydrogen-bond acceptors (Lipinski definition) is 6. The lowest BCUT2D eigenvalue weighted by Gasteiger charge is -2.13. The highest BCUT2D eigenvalue weighted by atomic mass is 32.1. The Balaban J connectivity index is 1.79. The van der Waals surface area contributed by atoms with Gasteiger partial charge in [-0.15, -0.1) is 11.3 Å². The molecule has 0 aliphatic heterocycles. The number of hydrogen-bond donors (Lipinski definition) is 3. The van der Waals surface area contributed by atoms with Crippen LogP contribution in [-0.4, -0.2) is 29.5 Å². The first-order valence-electron chi connectivity index (χ1n) is 10.4. The molecule has 1 aromatic heterocycles. The number of benzene rings is 1. The molecule has 0 saturated heterocycles. The molecule has 1 heterocycles. The van der Waals surface area contributed by atoms with E-state index in [-0.39, 0.29) is 23.3 Å². The lowest BCUT2D eigenvalue weighted by Crippen LogP contribution is -2.39. The third-order valence-electron chi connectivity index (χ3n) is 4.77. The summed E-state index contributed by atoms with van der Waals surface area (Å²) in [5, 5.41) is 8.70. The molecule has 1 aliphatic rings. The van der Waals surface area contributed by atoms with E-state index < -0.39 is 11.9 Å². The first-order valence-corrected chi connectivity index (χ1v) is 11.6. The summed E-state index contributed by atoms with van der Waals surface area (Å²) in [4.78, 5) is 38.1. The van der Waals surface area contributed by atoms with E-state index in [4.69, 9.17) is 17.0 Å². The molecule has 0 atom stereocenters. The highest BCUT2D eigenvalue weighted by molar-refractivity contribution is 7.80. The van der Waals surface area contributed by atoms with Crippen LogP contribution in [0, 0.1) is 0 Å². The van der Waals surface area contributed by atoms with Crippen molar-refractivity contribution < 1.29 is 19.1 Å². The van der Waals surface area contributed by atoms with Crippen LogP contribution in [0.3, 0.4) is 0 Å². The Morgan fingerprint density at radius 1 is 1.12 bits per heavy atom. The fourth-order valence-electron chi connectivity index (χ4n) is 3.44. The van der Waals surface area contributed by atoms with Gasteiger partial charge in [-0.05, 0) is 62.0 Å². The van der Waals surface area contributed by atoms with Crippen molar-refractivity contribution in [2.24, 2.45) is 0 Å². The van der Waals surface area contributed by atoms with Crippen LogP contribution in [0.4, 0.5) is 5.00 Å². The fourth-order valence-corrected chi connectivity index (χ4v) is 4.98. The van der Waals surface area contributed by atoms with Gasteiger partial charge in [0.05, 0.1) is 12.2 Å². The Morgan fingerprint density at radius 2 is 1.84 bits per heavy atom.